The standard InChI is InChI=1S/C16H23N5O3.ClH/c22-16(18-7-10-20-8-5-17-6-9-20)12-1-4-14(19-13-2-3-13)15(11-12)21(23)24;/h1,4,11,13,17,19H,2-3,5-10H2,(H,18,22);1H. The normalized spacial score (nSPS) is 17.4. The first-order valence-corrected chi connectivity index (χ1v) is 8.40. The summed E-state index contributed by atoms with van der Waals surface area (Å²) in [4.78, 5) is 25.3. The van der Waals surface area contributed by atoms with E-state index >= 15 is 0 Å². The van der Waals surface area contributed by atoms with Crippen LogP contribution in [0.3, 0.4) is 0 Å². The minimum Gasteiger partial charge on any atom is -0.377 e. The van der Waals surface area contributed by atoms with Crippen molar-refractivity contribution >= 4 is 29.7 Å². The van der Waals surface area contributed by atoms with Gasteiger partial charge in [-0.05, 0) is 25.0 Å². The summed E-state index contributed by atoms with van der Waals surface area (Å²) in [5.41, 5.74) is 0.764. The fourth-order valence-corrected chi connectivity index (χ4v) is 2.76. The van der Waals surface area contributed by atoms with Crippen LogP contribution in [0.4, 0.5) is 11.4 Å². The van der Waals surface area contributed by atoms with Gasteiger partial charge in [-0.1, -0.05) is 0 Å². The molecule has 1 aliphatic carbocycles. The number of hydrogen-bond donors (Lipinski definition) is 3. The zero-order valence-electron chi connectivity index (χ0n) is 14.0. The van der Waals surface area contributed by atoms with Crippen LogP contribution in [0.15, 0.2) is 18.2 Å². The maximum absolute atomic E-state index is 12.2. The van der Waals surface area contributed by atoms with Crippen LogP contribution in [-0.2, 0) is 0 Å². The maximum atomic E-state index is 12.2. The summed E-state index contributed by atoms with van der Waals surface area (Å²) < 4.78 is 0. The lowest BCUT2D eigenvalue weighted by atomic mass is 10.1. The van der Waals surface area contributed by atoms with Crippen molar-refractivity contribution < 1.29 is 9.72 Å². The second-order valence-corrected chi connectivity index (χ2v) is 6.26. The van der Waals surface area contributed by atoms with Gasteiger partial charge in [0.05, 0.1) is 4.92 Å². The zero-order valence-corrected chi connectivity index (χ0v) is 14.8. The first kappa shape index (κ1) is 19.4. The fourth-order valence-electron chi connectivity index (χ4n) is 2.76. The number of amides is 1. The van der Waals surface area contributed by atoms with Gasteiger partial charge in [0, 0.05) is 56.9 Å². The van der Waals surface area contributed by atoms with Crippen LogP contribution in [0, 0.1) is 10.1 Å². The van der Waals surface area contributed by atoms with Gasteiger partial charge in [-0.2, -0.15) is 0 Å². The Morgan fingerprint density at radius 1 is 1.32 bits per heavy atom. The molecule has 1 heterocycles. The van der Waals surface area contributed by atoms with Gasteiger partial charge in [0.15, 0.2) is 0 Å². The third-order valence-electron chi connectivity index (χ3n) is 4.32. The van der Waals surface area contributed by atoms with E-state index in [0.29, 0.717) is 23.8 Å². The van der Waals surface area contributed by atoms with Crippen LogP contribution in [-0.4, -0.2) is 61.0 Å². The Bertz CT molecular complexity index is 618. The molecule has 1 aliphatic heterocycles. The van der Waals surface area contributed by atoms with Crippen molar-refractivity contribution in [1.29, 1.82) is 0 Å². The van der Waals surface area contributed by atoms with Crippen molar-refractivity contribution in [2.24, 2.45) is 0 Å². The Morgan fingerprint density at radius 3 is 2.68 bits per heavy atom. The van der Waals surface area contributed by atoms with E-state index in [-0.39, 0.29) is 24.0 Å². The largest absolute Gasteiger partial charge is 0.377 e. The number of piperazine rings is 1. The Kier molecular flexibility index (Phi) is 6.98. The highest BCUT2D eigenvalue weighted by molar-refractivity contribution is 5.95. The van der Waals surface area contributed by atoms with E-state index < -0.39 is 4.92 Å². The molecule has 0 atom stereocenters. The molecule has 1 amide bonds. The lowest BCUT2D eigenvalue weighted by Gasteiger charge is -2.27. The number of nitro benzene ring substituents is 1. The van der Waals surface area contributed by atoms with Crippen molar-refractivity contribution in [2.75, 3.05) is 44.6 Å². The predicted molar refractivity (Wildman–Crippen MR) is 98.6 cm³/mol. The van der Waals surface area contributed by atoms with Crippen LogP contribution < -0.4 is 16.0 Å². The molecule has 3 rings (SSSR count). The molecule has 1 aromatic carbocycles. The van der Waals surface area contributed by atoms with Crippen molar-refractivity contribution in [3.8, 4) is 0 Å². The number of nitro groups is 1. The fraction of sp³-hybridized carbons (Fsp3) is 0.562. The van der Waals surface area contributed by atoms with E-state index in [4.69, 9.17) is 0 Å². The van der Waals surface area contributed by atoms with Gasteiger partial charge in [-0.15, -0.1) is 12.4 Å². The van der Waals surface area contributed by atoms with Gasteiger partial charge in [0.2, 0.25) is 0 Å². The van der Waals surface area contributed by atoms with Gasteiger partial charge < -0.3 is 16.0 Å². The number of carbonyl (C=O) groups is 1. The number of nitrogens with zero attached hydrogens (tertiary/aromatic N) is 2. The highest BCUT2D eigenvalue weighted by Gasteiger charge is 2.25. The lowest BCUT2D eigenvalue weighted by Crippen LogP contribution is -2.46. The van der Waals surface area contributed by atoms with Gasteiger partial charge in [-0.3, -0.25) is 19.8 Å². The molecule has 9 heteroatoms. The van der Waals surface area contributed by atoms with E-state index in [0.717, 1.165) is 45.6 Å². The molecule has 1 aromatic rings. The molecule has 0 unspecified atom stereocenters. The SMILES string of the molecule is Cl.O=C(NCCN1CCNCC1)c1ccc(NC2CC2)c([N+](=O)[O-])c1. The van der Waals surface area contributed by atoms with Crippen LogP contribution in [0.5, 0.6) is 0 Å². The van der Waals surface area contributed by atoms with Gasteiger partial charge >= 0.3 is 0 Å². The monoisotopic (exact) mass is 369 g/mol. The molecule has 8 nitrogen and oxygen atoms in total. The number of nitrogens with one attached hydrogen (secondary N) is 3. The number of halogens is 1. The second kappa shape index (κ2) is 8.98. The summed E-state index contributed by atoms with van der Waals surface area (Å²) in [6.07, 6.45) is 2.07. The Balaban J connectivity index is 0.00000225. The topological polar surface area (TPSA) is 99.5 Å². The third kappa shape index (κ3) is 5.55. The van der Waals surface area contributed by atoms with E-state index in [1.807, 2.05) is 0 Å². The third-order valence-corrected chi connectivity index (χ3v) is 4.32. The smallest absolute Gasteiger partial charge is 0.293 e. The molecular weight excluding hydrogens is 346 g/mol. The highest BCUT2D eigenvalue weighted by Crippen LogP contribution is 2.31. The number of hydrogen-bond acceptors (Lipinski definition) is 6. The zero-order chi connectivity index (χ0) is 16.9. The van der Waals surface area contributed by atoms with E-state index in [1.165, 1.54) is 6.07 Å². The van der Waals surface area contributed by atoms with E-state index in [9.17, 15) is 14.9 Å². The molecule has 1 saturated heterocycles. The molecular formula is C16H24ClN5O3. The minimum atomic E-state index is -0.442. The second-order valence-electron chi connectivity index (χ2n) is 6.26. The number of anilines is 1. The number of benzene rings is 1. The van der Waals surface area contributed by atoms with Crippen LogP contribution >= 0.6 is 12.4 Å². The number of carbonyl (C=O) groups excluding carboxylic acids is 1. The molecule has 0 radical (unpaired) electrons. The Morgan fingerprint density at radius 2 is 2.04 bits per heavy atom. The summed E-state index contributed by atoms with van der Waals surface area (Å²) in [7, 11) is 0. The summed E-state index contributed by atoms with van der Waals surface area (Å²) in [5.74, 6) is -0.272. The van der Waals surface area contributed by atoms with Crippen molar-refractivity contribution in [3.05, 3.63) is 33.9 Å². The number of rotatable bonds is 7. The molecule has 0 aromatic heterocycles. The van der Waals surface area contributed by atoms with Crippen molar-refractivity contribution in [3.63, 3.8) is 0 Å². The van der Waals surface area contributed by atoms with Crippen molar-refractivity contribution in [2.45, 2.75) is 18.9 Å². The molecule has 3 N–H and O–H groups in total. The molecule has 2 fully saturated rings. The molecule has 0 bridgehead atoms. The van der Waals surface area contributed by atoms with Crippen LogP contribution in [0.2, 0.25) is 0 Å². The Labute approximate surface area is 152 Å². The van der Waals surface area contributed by atoms with E-state index in [2.05, 4.69) is 20.9 Å². The quantitative estimate of drug-likeness (QED) is 0.493. The summed E-state index contributed by atoms with van der Waals surface area (Å²) in [5, 5.41) is 20.5. The molecule has 1 saturated carbocycles. The molecule has 25 heavy (non-hydrogen) atoms. The molecule has 138 valence electrons. The van der Waals surface area contributed by atoms with Gasteiger partial charge in [0.25, 0.3) is 11.6 Å². The molecule has 0 spiro atoms. The van der Waals surface area contributed by atoms with Gasteiger partial charge in [-0.25, -0.2) is 0 Å². The first-order valence-electron chi connectivity index (χ1n) is 8.40. The van der Waals surface area contributed by atoms with Crippen LogP contribution in [0.1, 0.15) is 23.2 Å². The average Bonchev–Trinajstić information content (AvgIpc) is 3.40. The van der Waals surface area contributed by atoms with Gasteiger partial charge in [0.1, 0.15) is 5.69 Å². The van der Waals surface area contributed by atoms with Crippen LogP contribution in [0.25, 0.3) is 0 Å². The summed E-state index contributed by atoms with van der Waals surface area (Å²) in [6, 6.07) is 4.94. The maximum Gasteiger partial charge on any atom is 0.293 e. The molecule has 2 aliphatic rings. The minimum absolute atomic E-state index is 0. The van der Waals surface area contributed by atoms with Crippen molar-refractivity contribution in [1.82, 2.24) is 15.5 Å². The average molecular weight is 370 g/mol. The predicted octanol–water partition coefficient (Wildman–Crippen LogP) is 1.23. The first-order chi connectivity index (χ1) is 11.6. The lowest BCUT2D eigenvalue weighted by molar-refractivity contribution is -0.384. The van der Waals surface area contributed by atoms with E-state index in [1.54, 1.807) is 12.1 Å². The highest BCUT2D eigenvalue weighted by atomic mass is 35.5. The summed E-state index contributed by atoms with van der Waals surface area (Å²) >= 11 is 0. The summed E-state index contributed by atoms with van der Waals surface area (Å²) in [6.45, 7) is 5.21. The Hall–Kier alpha value is -1.90.